The minimum absolute atomic E-state index is 0.104. The number of nitrogens with zero attached hydrogens (tertiary/aromatic N) is 1. The Kier molecular flexibility index (Phi) is 7.08. The topological polar surface area (TPSA) is 75.7 Å². The first kappa shape index (κ1) is 21.4. The van der Waals surface area contributed by atoms with E-state index in [2.05, 4.69) is 5.32 Å². The first-order valence-corrected chi connectivity index (χ1v) is 11.1. The van der Waals surface area contributed by atoms with E-state index in [0.29, 0.717) is 24.6 Å². The highest BCUT2D eigenvalue weighted by Crippen LogP contribution is 2.32. The highest BCUT2D eigenvalue weighted by molar-refractivity contribution is 7.92. The number of nitrogens with one attached hydrogen (secondary N) is 1. The van der Waals surface area contributed by atoms with Gasteiger partial charge >= 0.3 is 0 Å². The molecule has 0 aromatic heterocycles. The molecule has 0 aliphatic carbocycles. The van der Waals surface area contributed by atoms with E-state index in [4.69, 9.17) is 4.74 Å². The molecule has 0 radical (unpaired) electrons. The molecule has 3 aromatic rings. The maximum absolute atomic E-state index is 13.4. The van der Waals surface area contributed by atoms with Crippen molar-refractivity contribution in [1.82, 2.24) is 5.32 Å². The second kappa shape index (κ2) is 9.93. The van der Waals surface area contributed by atoms with Crippen LogP contribution in [0.3, 0.4) is 0 Å². The maximum atomic E-state index is 13.4. The average Bonchev–Trinajstić information content (AvgIpc) is 2.78. The number of benzene rings is 3. The lowest BCUT2D eigenvalue weighted by Gasteiger charge is -2.26. The largest absolute Gasteiger partial charge is 0.492 e. The molecule has 3 aromatic carbocycles. The molecule has 3 rings (SSSR count). The standard InChI is InChI=1S/C23H24N2O4S/c1-2-29-22-16-10-9-15-21(22)25(30(27,28)20-13-7-4-8-14-20)18-23(26)24-17-19-11-5-3-6-12-19/h3-16H,2,17-18H2,1H3,(H,24,26). The summed E-state index contributed by atoms with van der Waals surface area (Å²) in [7, 11) is -3.98. The van der Waals surface area contributed by atoms with Gasteiger partial charge in [0, 0.05) is 6.54 Å². The lowest BCUT2D eigenvalue weighted by Crippen LogP contribution is -2.40. The smallest absolute Gasteiger partial charge is 0.264 e. The third-order valence-corrected chi connectivity index (χ3v) is 6.16. The van der Waals surface area contributed by atoms with E-state index in [-0.39, 0.29) is 11.4 Å². The van der Waals surface area contributed by atoms with Gasteiger partial charge in [-0.2, -0.15) is 0 Å². The quantitative estimate of drug-likeness (QED) is 0.570. The molecule has 1 amide bonds. The molecule has 0 unspecified atom stereocenters. The fourth-order valence-corrected chi connectivity index (χ4v) is 4.40. The van der Waals surface area contributed by atoms with Crippen LogP contribution in [0, 0.1) is 0 Å². The summed E-state index contributed by atoms with van der Waals surface area (Å²) in [5, 5.41) is 2.79. The molecule has 1 N–H and O–H groups in total. The van der Waals surface area contributed by atoms with Crippen molar-refractivity contribution in [2.24, 2.45) is 0 Å². The van der Waals surface area contributed by atoms with Crippen LogP contribution >= 0.6 is 0 Å². The average molecular weight is 425 g/mol. The molecule has 7 heteroatoms. The number of sulfonamides is 1. The molecule has 0 saturated carbocycles. The van der Waals surface area contributed by atoms with Crippen LogP contribution in [0.15, 0.2) is 89.8 Å². The molecule has 30 heavy (non-hydrogen) atoms. The van der Waals surface area contributed by atoms with Crippen LogP contribution in [-0.2, 0) is 21.4 Å². The molecule has 0 atom stereocenters. The molecule has 0 saturated heterocycles. The summed E-state index contributed by atoms with van der Waals surface area (Å²) in [6.07, 6.45) is 0. The van der Waals surface area contributed by atoms with E-state index < -0.39 is 15.9 Å². The van der Waals surface area contributed by atoms with Gasteiger partial charge in [0.2, 0.25) is 5.91 Å². The van der Waals surface area contributed by atoms with E-state index >= 15 is 0 Å². The predicted octanol–water partition coefficient (Wildman–Crippen LogP) is 3.60. The summed E-state index contributed by atoms with van der Waals surface area (Å²) in [5.41, 5.74) is 1.25. The summed E-state index contributed by atoms with van der Waals surface area (Å²) in [6, 6.07) is 24.3. The number of hydrogen-bond acceptors (Lipinski definition) is 4. The van der Waals surface area contributed by atoms with Crippen LogP contribution in [0.2, 0.25) is 0 Å². The molecule has 0 heterocycles. The molecule has 0 fully saturated rings. The molecule has 0 spiro atoms. The Morgan fingerprint density at radius 3 is 2.17 bits per heavy atom. The van der Waals surface area contributed by atoms with Crippen LogP contribution in [0.4, 0.5) is 5.69 Å². The highest BCUT2D eigenvalue weighted by atomic mass is 32.2. The van der Waals surface area contributed by atoms with E-state index in [1.807, 2.05) is 37.3 Å². The zero-order valence-electron chi connectivity index (χ0n) is 16.7. The Hall–Kier alpha value is -3.32. The van der Waals surface area contributed by atoms with Crippen LogP contribution in [0.5, 0.6) is 5.75 Å². The number of hydrogen-bond donors (Lipinski definition) is 1. The van der Waals surface area contributed by atoms with Crippen LogP contribution in [0.1, 0.15) is 12.5 Å². The number of amides is 1. The predicted molar refractivity (Wildman–Crippen MR) is 117 cm³/mol. The zero-order chi connectivity index (χ0) is 21.4. The maximum Gasteiger partial charge on any atom is 0.264 e. The monoisotopic (exact) mass is 424 g/mol. The van der Waals surface area contributed by atoms with Gasteiger partial charge in [0.15, 0.2) is 0 Å². The number of carbonyl (C=O) groups is 1. The number of rotatable bonds is 9. The van der Waals surface area contributed by atoms with E-state index in [1.165, 1.54) is 12.1 Å². The van der Waals surface area contributed by atoms with Crippen LogP contribution in [-0.4, -0.2) is 27.5 Å². The van der Waals surface area contributed by atoms with Gasteiger partial charge in [-0.1, -0.05) is 60.7 Å². The number of anilines is 1. The first-order valence-electron chi connectivity index (χ1n) is 9.62. The van der Waals surface area contributed by atoms with Crippen molar-refractivity contribution in [2.45, 2.75) is 18.4 Å². The van der Waals surface area contributed by atoms with Crippen molar-refractivity contribution in [3.63, 3.8) is 0 Å². The van der Waals surface area contributed by atoms with Crippen molar-refractivity contribution in [2.75, 3.05) is 17.5 Å². The Balaban J connectivity index is 1.91. The third-order valence-electron chi connectivity index (χ3n) is 4.38. The van der Waals surface area contributed by atoms with Gasteiger partial charge in [-0.25, -0.2) is 8.42 Å². The lowest BCUT2D eigenvalue weighted by atomic mass is 10.2. The normalized spacial score (nSPS) is 11.0. The summed E-state index contributed by atoms with van der Waals surface area (Å²) in [6.45, 7) is 2.13. The molecule has 0 bridgehead atoms. The SMILES string of the molecule is CCOc1ccccc1N(CC(=O)NCc1ccccc1)S(=O)(=O)c1ccccc1. The second-order valence-electron chi connectivity index (χ2n) is 6.49. The van der Waals surface area contributed by atoms with Crippen molar-refractivity contribution in [1.29, 1.82) is 0 Å². The van der Waals surface area contributed by atoms with Gasteiger partial charge < -0.3 is 10.1 Å². The van der Waals surface area contributed by atoms with Crippen molar-refractivity contribution in [3.8, 4) is 5.75 Å². The van der Waals surface area contributed by atoms with Gasteiger partial charge in [-0.05, 0) is 36.8 Å². The molecular weight excluding hydrogens is 400 g/mol. The van der Waals surface area contributed by atoms with Gasteiger partial charge in [0.05, 0.1) is 17.2 Å². The van der Waals surface area contributed by atoms with Gasteiger partial charge in [0.25, 0.3) is 10.0 Å². The van der Waals surface area contributed by atoms with Gasteiger partial charge in [-0.3, -0.25) is 9.10 Å². The van der Waals surface area contributed by atoms with Crippen molar-refractivity contribution < 1.29 is 17.9 Å². The third kappa shape index (κ3) is 5.18. The van der Waals surface area contributed by atoms with E-state index in [1.54, 1.807) is 42.5 Å². The summed E-state index contributed by atoms with van der Waals surface area (Å²) in [5.74, 6) is -0.0139. The van der Waals surface area contributed by atoms with Crippen molar-refractivity contribution in [3.05, 3.63) is 90.5 Å². The molecule has 0 aliphatic heterocycles. The Morgan fingerprint density at radius 2 is 1.50 bits per heavy atom. The van der Waals surface area contributed by atoms with Gasteiger partial charge in [-0.15, -0.1) is 0 Å². The molecule has 156 valence electrons. The minimum Gasteiger partial charge on any atom is -0.492 e. The molecular formula is C23H24N2O4S. The van der Waals surface area contributed by atoms with Crippen LogP contribution < -0.4 is 14.4 Å². The summed E-state index contributed by atoms with van der Waals surface area (Å²) >= 11 is 0. The summed E-state index contributed by atoms with van der Waals surface area (Å²) < 4.78 is 33.5. The van der Waals surface area contributed by atoms with E-state index in [0.717, 1.165) is 9.87 Å². The van der Waals surface area contributed by atoms with Crippen LogP contribution in [0.25, 0.3) is 0 Å². The number of carbonyl (C=O) groups excluding carboxylic acids is 1. The lowest BCUT2D eigenvalue weighted by molar-refractivity contribution is -0.119. The fraction of sp³-hybridized carbons (Fsp3) is 0.174. The second-order valence-corrected chi connectivity index (χ2v) is 8.35. The fourth-order valence-electron chi connectivity index (χ4n) is 2.94. The molecule has 6 nitrogen and oxygen atoms in total. The minimum atomic E-state index is -3.98. The summed E-state index contributed by atoms with van der Waals surface area (Å²) in [4.78, 5) is 12.8. The first-order chi connectivity index (χ1) is 14.5. The number of para-hydroxylation sites is 2. The number of ether oxygens (including phenoxy) is 1. The Morgan fingerprint density at radius 1 is 0.900 bits per heavy atom. The molecule has 0 aliphatic rings. The van der Waals surface area contributed by atoms with E-state index in [9.17, 15) is 13.2 Å². The Labute approximate surface area is 177 Å². The zero-order valence-corrected chi connectivity index (χ0v) is 17.5. The Bertz CT molecular complexity index is 1070. The van der Waals surface area contributed by atoms with Gasteiger partial charge in [0.1, 0.15) is 12.3 Å². The van der Waals surface area contributed by atoms with Crippen molar-refractivity contribution >= 4 is 21.6 Å². The highest BCUT2D eigenvalue weighted by Gasteiger charge is 2.29.